The molecular formula is C20H25N3O2. The third kappa shape index (κ3) is 4.94. The average Bonchev–Trinajstić information content (AvgIpc) is 2.95. The van der Waals surface area contributed by atoms with Gasteiger partial charge < -0.3 is 15.0 Å². The van der Waals surface area contributed by atoms with E-state index in [9.17, 15) is 4.79 Å². The van der Waals surface area contributed by atoms with Gasteiger partial charge in [-0.25, -0.2) is 0 Å². The van der Waals surface area contributed by atoms with Crippen molar-refractivity contribution in [3.63, 3.8) is 0 Å². The van der Waals surface area contributed by atoms with Crippen LogP contribution >= 0.6 is 0 Å². The summed E-state index contributed by atoms with van der Waals surface area (Å²) in [5, 5.41) is 21.9. The molecule has 0 spiro atoms. The Labute approximate surface area is 148 Å². The first-order valence-electron chi connectivity index (χ1n) is 8.61. The fraction of sp³-hybridized carbons (Fsp3) is 0.400. The first kappa shape index (κ1) is 18.8. The Hall–Kier alpha value is -2.58. The molecule has 1 aromatic heterocycles. The van der Waals surface area contributed by atoms with E-state index >= 15 is 0 Å². The maximum absolute atomic E-state index is 12.2. The molecule has 2 aromatic rings. The first-order valence-corrected chi connectivity index (χ1v) is 8.61. The monoisotopic (exact) mass is 339 g/mol. The number of aliphatic hydroxyl groups is 1. The SMILES string of the molecule is CC(C)C(CCO)NC(=O)/C=C/c1cn(CCC#N)c2ccccc12. The number of hydrogen-bond donors (Lipinski definition) is 2. The van der Waals surface area contributed by atoms with Crippen molar-refractivity contribution in [1.29, 1.82) is 5.26 Å². The summed E-state index contributed by atoms with van der Waals surface area (Å²) in [6, 6.07) is 10.1. The van der Waals surface area contributed by atoms with Crippen molar-refractivity contribution >= 4 is 22.9 Å². The molecule has 5 nitrogen and oxygen atoms in total. The highest BCUT2D eigenvalue weighted by Crippen LogP contribution is 2.22. The van der Waals surface area contributed by atoms with Crippen LogP contribution in [0.3, 0.4) is 0 Å². The number of nitrogens with zero attached hydrogens (tertiary/aromatic N) is 2. The Morgan fingerprint density at radius 3 is 2.84 bits per heavy atom. The summed E-state index contributed by atoms with van der Waals surface area (Å²) in [6.45, 7) is 4.72. The lowest BCUT2D eigenvalue weighted by Crippen LogP contribution is -2.38. The number of benzene rings is 1. The molecule has 0 aliphatic heterocycles. The van der Waals surface area contributed by atoms with Gasteiger partial charge in [0.15, 0.2) is 0 Å². The third-order valence-corrected chi connectivity index (χ3v) is 4.27. The Balaban J connectivity index is 2.17. The third-order valence-electron chi connectivity index (χ3n) is 4.27. The minimum Gasteiger partial charge on any atom is -0.396 e. The molecule has 0 aliphatic carbocycles. The molecule has 25 heavy (non-hydrogen) atoms. The van der Waals surface area contributed by atoms with E-state index in [-0.39, 0.29) is 24.5 Å². The summed E-state index contributed by atoms with van der Waals surface area (Å²) >= 11 is 0. The number of aromatic nitrogens is 1. The van der Waals surface area contributed by atoms with E-state index in [0.29, 0.717) is 19.4 Å². The number of amides is 1. The maximum atomic E-state index is 12.2. The Morgan fingerprint density at radius 1 is 1.40 bits per heavy atom. The number of para-hydroxylation sites is 1. The van der Waals surface area contributed by atoms with E-state index in [1.807, 2.05) is 48.9 Å². The minimum absolute atomic E-state index is 0.0425. The van der Waals surface area contributed by atoms with E-state index in [1.165, 1.54) is 6.08 Å². The van der Waals surface area contributed by atoms with Gasteiger partial charge in [0.2, 0.25) is 5.91 Å². The Bertz CT molecular complexity index is 784. The van der Waals surface area contributed by atoms with E-state index in [0.717, 1.165) is 16.5 Å². The number of aryl methyl sites for hydroxylation is 1. The summed E-state index contributed by atoms with van der Waals surface area (Å²) in [6.07, 6.45) is 6.30. The van der Waals surface area contributed by atoms with Crippen LogP contribution in [0.15, 0.2) is 36.5 Å². The number of nitrogens with one attached hydrogen (secondary N) is 1. The van der Waals surface area contributed by atoms with Crippen LogP contribution in [-0.4, -0.2) is 28.2 Å². The highest BCUT2D eigenvalue weighted by atomic mass is 16.3. The number of fused-ring (bicyclic) bond motifs is 1. The molecule has 1 atom stereocenters. The predicted molar refractivity (Wildman–Crippen MR) is 99.7 cm³/mol. The van der Waals surface area contributed by atoms with E-state index < -0.39 is 0 Å². The molecule has 1 heterocycles. The van der Waals surface area contributed by atoms with Gasteiger partial charge in [0, 0.05) is 47.9 Å². The predicted octanol–water partition coefficient (Wildman–Crippen LogP) is 3.09. The van der Waals surface area contributed by atoms with Crippen LogP contribution in [-0.2, 0) is 11.3 Å². The molecule has 0 aliphatic rings. The Morgan fingerprint density at radius 2 is 2.16 bits per heavy atom. The number of carbonyl (C=O) groups excluding carboxylic acids is 1. The summed E-state index contributed by atoms with van der Waals surface area (Å²) in [5.41, 5.74) is 2.00. The molecule has 5 heteroatoms. The first-order chi connectivity index (χ1) is 12.1. The fourth-order valence-electron chi connectivity index (χ4n) is 2.87. The molecule has 0 saturated heterocycles. The van der Waals surface area contributed by atoms with Gasteiger partial charge in [-0.05, 0) is 24.5 Å². The second kappa shape index (κ2) is 9.05. The van der Waals surface area contributed by atoms with Gasteiger partial charge in [-0.3, -0.25) is 4.79 Å². The van der Waals surface area contributed by atoms with Gasteiger partial charge >= 0.3 is 0 Å². The zero-order valence-electron chi connectivity index (χ0n) is 14.8. The number of aliphatic hydroxyl groups excluding tert-OH is 1. The standard InChI is InChI=1S/C20H25N3O2/c1-15(2)18(10-13-24)22-20(25)9-8-16-14-23(12-5-11-21)19-7-4-3-6-17(16)19/h3-4,6-9,14-15,18,24H,5,10,12-13H2,1-2H3,(H,22,25)/b9-8+. The maximum Gasteiger partial charge on any atom is 0.244 e. The van der Waals surface area contributed by atoms with Crippen molar-refractivity contribution in [2.45, 2.75) is 39.3 Å². The zero-order valence-corrected chi connectivity index (χ0v) is 14.8. The molecule has 2 N–H and O–H groups in total. The lowest BCUT2D eigenvalue weighted by molar-refractivity contribution is -0.117. The molecule has 2 rings (SSSR count). The van der Waals surface area contributed by atoms with E-state index in [1.54, 1.807) is 6.08 Å². The van der Waals surface area contributed by atoms with Crippen molar-refractivity contribution in [2.24, 2.45) is 5.92 Å². The summed E-state index contributed by atoms with van der Waals surface area (Å²) < 4.78 is 2.04. The number of hydrogen-bond acceptors (Lipinski definition) is 3. The molecule has 0 fully saturated rings. The van der Waals surface area contributed by atoms with Gasteiger partial charge in [0.1, 0.15) is 0 Å². The van der Waals surface area contributed by atoms with Crippen LogP contribution in [0.5, 0.6) is 0 Å². The van der Waals surface area contributed by atoms with Crippen LogP contribution in [0.25, 0.3) is 17.0 Å². The largest absolute Gasteiger partial charge is 0.396 e. The van der Waals surface area contributed by atoms with Gasteiger partial charge in [0.25, 0.3) is 0 Å². The highest BCUT2D eigenvalue weighted by molar-refractivity contribution is 5.96. The molecular weight excluding hydrogens is 314 g/mol. The van der Waals surface area contributed by atoms with Crippen molar-refractivity contribution in [2.75, 3.05) is 6.61 Å². The molecule has 0 radical (unpaired) electrons. The average molecular weight is 339 g/mol. The summed E-state index contributed by atoms with van der Waals surface area (Å²) in [4.78, 5) is 12.2. The van der Waals surface area contributed by atoms with Crippen LogP contribution in [0, 0.1) is 17.2 Å². The molecule has 1 unspecified atom stereocenters. The summed E-state index contributed by atoms with van der Waals surface area (Å²) in [5.74, 6) is 0.0957. The highest BCUT2D eigenvalue weighted by Gasteiger charge is 2.14. The lowest BCUT2D eigenvalue weighted by atomic mass is 10.0. The molecule has 1 amide bonds. The van der Waals surface area contributed by atoms with Gasteiger partial charge in [-0.2, -0.15) is 5.26 Å². The molecule has 1 aromatic carbocycles. The van der Waals surface area contributed by atoms with Crippen molar-refractivity contribution in [3.8, 4) is 6.07 Å². The quantitative estimate of drug-likeness (QED) is 0.726. The fourth-order valence-corrected chi connectivity index (χ4v) is 2.87. The summed E-state index contributed by atoms with van der Waals surface area (Å²) in [7, 11) is 0. The Kier molecular flexibility index (Phi) is 6.79. The zero-order chi connectivity index (χ0) is 18.2. The smallest absolute Gasteiger partial charge is 0.244 e. The molecule has 0 bridgehead atoms. The van der Waals surface area contributed by atoms with Gasteiger partial charge in [-0.15, -0.1) is 0 Å². The van der Waals surface area contributed by atoms with Crippen LogP contribution in [0.4, 0.5) is 0 Å². The van der Waals surface area contributed by atoms with Gasteiger partial charge in [-0.1, -0.05) is 32.0 Å². The van der Waals surface area contributed by atoms with Crippen LogP contribution < -0.4 is 5.32 Å². The van der Waals surface area contributed by atoms with Crippen molar-refractivity contribution in [3.05, 3.63) is 42.1 Å². The number of nitriles is 1. The normalized spacial score (nSPS) is 12.6. The van der Waals surface area contributed by atoms with Gasteiger partial charge in [0.05, 0.1) is 12.5 Å². The molecule has 0 saturated carbocycles. The van der Waals surface area contributed by atoms with Crippen molar-refractivity contribution in [1.82, 2.24) is 9.88 Å². The van der Waals surface area contributed by atoms with Crippen molar-refractivity contribution < 1.29 is 9.90 Å². The second-order valence-corrected chi connectivity index (χ2v) is 6.41. The lowest BCUT2D eigenvalue weighted by Gasteiger charge is -2.20. The van der Waals surface area contributed by atoms with E-state index in [2.05, 4.69) is 11.4 Å². The minimum atomic E-state index is -0.166. The molecule has 132 valence electrons. The number of carbonyl (C=O) groups is 1. The van der Waals surface area contributed by atoms with E-state index in [4.69, 9.17) is 10.4 Å². The van der Waals surface area contributed by atoms with Crippen LogP contribution in [0.1, 0.15) is 32.3 Å². The second-order valence-electron chi connectivity index (χ2n) is 6.41. The topological polar surface area (TPSA) is 78.0 Å². The van der Waals surface area contributed by atoms with Crippen LogP contribution in [0.2, 0.25) is 0 Å². The number of rotatable bonds is 8.